The van der Waals surface area contributed by atoms with E-state index in [1.54, 1.807) is 6.08 Å². The fraction of sp³-hybridized carbons (Fsp3) is 0.692. The van der Waals surface area contributed by atoms with Gasteiger partial charge in [-0.05, 0) is 25.2 Å². The van der Waals surface area contributed by atoms with E-state index in [4.69, 9.17) is 0 Å². The quantitative estimate of drug-likeness (QED) is 0.547. The SMILES string of the molecule is C/C=C(\N=CC(C)CC)C(=O)NCC(C)C. The van der Waals surface area contributed by atoms with E-state index in [0.717, 1.165) is 6.42 Å². The average molecular weight is 224 g/mol. The van der Waals surface area contributed by atoms with Crippen LogP contribution in [0.3, 0.4) is 0 Å². The highest BCUT2D eigenvalue weighted by Crippen LogP contribution is 2.01. The Hall–Kier alpha value is -1.12. The van der Waals surface area contributed by atoms with Crippen molar-refractivity contribution in [2.75, 3.05) is 6.54 Å². The maximum absolute atomic E-state index is 11.7. The van der Waals surface area contributed by atoms with Crippen LogP contribution in [0.25, 0.3) is 0 Å². The first-order chi connectivity index (χ1) is 7.51. The van der Waals surface area contributed by atoms with Crippen molar-refractivity contribution in [3.8, 4) is 0 Å². The van der Waals surface area contributed by atoms with Crippen LogP contribution < -0.4 is 5.32 Å². The summed E-state index contributed by atoms with van der Waals surface area (Å²) in [6.07, 6.45) is 4.62. The van der Waals surface area contributed by atoms with Gasteiger partial charge in [0, 0.05) is 12.8 Å². The molecule has 0 aliphatic heterocycles. The summed E-state index contributed by atoms with van der Waals surface area (Å²) in [5.74, 6) is 0.782. The maximum Gasteiger partial charge on any atom is 0.269 e. The topological polar surface area (TPSA) is 41.5 Å². The summed E-state index contributed by atoms with van der Waals surface area (Å²) in [6.45, 7) is 10.8. The fourth-order valence-electron chi connectivity index (χ4n) is 0.965. The molecule has 0 bridgehead atoms. The Labute approximate surface area is 99.0 Å². The normalized spacial score (nSPS) is 14.5. The van der Waals surface area contributed by atoms with Crippen molar-refractivity contribution in [1.82, 2.24) is 5.32 Å². The standard InChI is InChI=1S/C13H24N2O/c1-6-11(5)9-14-12(7-2)13(16)15-8-10(3)4/h7,9-11H,6,8H2,1-5H3,(H,15,16)/b12-7-,14-9?. The van der Waals surface area contributed by atoms with E-state index in [-0.39, 0.29) is 5.91 Å². The third-order valence-electron chi connectivity index (χ3n) is 2.29. The zero-order chi connectivity index (χ0) is 12.6. The van der Waals surface area contributed by atoms with Crippen LogP contribution in [0.1, 0.15) is 41.0 Å². The highest BCUT2D eigenvalue weighted by molar-refractivity contribution is 5.94. The monoisotopic (exact) mass is 224 g/mol. The molecule has 3 heteroatoms. The van der Waals surface area contributed by atoms with Crippen LogP contribution in [-0.4, -0.2) is 18.7 Å². The molecule has 16 heavy (non-hydrogen) atoms. The van der Waals surface area contributed by atoms with Crippen molar-refractivity contribution in [1.29, 1.82) is 0 Å². The lowest BCUT2D eigenvalue weighted by Gasteiger charge is -2.08. The first kappa shape index (κ1) is 14.9. The highest BCUT2D eigenvalue weighted by Gasteiger charge is 2.07. The minimum absolute atomic E-state index is 0.0873. The van der Waals surface area contributed by atoms with Crippen molar-refractivity contribution >= 4 is 12.1 Å². The van der Waals surface area contributed by atoms with Crippen LogP contribution >= 0.6 is 0 Å². The van der Waals surface area contributed by atoms with Gasteiger partial charge in [-0.2, -0.15) is 0 Å². The molecule has 0 fully saturated rings. The molecule has 0 saturated carbocycles. The number of rotatable bonds is 6. The molecule has 0 saturated heterocycles. The van der Waals surface area contributed by atoms with Crippen molar-refractivity contribution in [3.05, 3.63) is 11.8 Å². The molecule has 92 valence electrons. The lowest BCUT2D eigenvalue weighted by Crippen LogP contribution is -2.28. The molecule has 0 heterocycles. The first-order valence-corrected chi connectivity index (χ1v) is 5.99. The van der Waals surface area contributed by atoms with Gasteiger partial charge in [0.15, 0.2) is 0 Å². The molecular weight excluding hydrogens is 200 g/mol. The predicted molar refractivity (Wildman–Crippen MR) is 69.6 cm³/mol. The Kier molecular flexibility index (Phi) is 7.52. The Morgan fingerprint density at radius 1 is 1.38 bits per heavy atom. The molecule has 0 aromatic rings. The van der Waals surface area contributed by atoms with Crippen LogP contribution in [-0.2, 0) is 4.79 Å². The number of amides is 1. The molecule has 0 aromatic heterocycles. The summed E-state index contributed by atoms with van der Waals surface area (Å²) in [7, 11) is 0. The van der Waals surface area contributed by atoms with Crippen LogP contribution in [0.15, 0.2) is 16.8 Å². The number of carbonyl (C=O) groups excluding carboxylic acids is 1. The van der Waals surface area contributed by atoms with Gasteiger partial charge in [0.2, 0.25) is 0 Å². The molecule has 0 aromatic carbocycles. The van der Waals surface area contributed by atoms with Gasteiger partial charge in [0.25, 0.3) is 5.91 Å². The van der Waals surface area contributed by atoms with Crippen LogP contribution in [0.2, 0.25) is 0 Å². The number of aliphatic imine (C=N–C) groups is 1. The van der Waals surface area contributed by atoms with Crippen molar-refractivity contribution in [2.24, 2.45) is 16.8 Å². The second-order valence-electron chi connectivity index (χ2n) is 4.44. The third kappa shape index (κ3) is 6.38. The Morgan fingerprint density at radius 3 is 2.44 bits per heavy atom. The lowest BCUT2D eigenvalue weighted by atomic mass is 10.1. The Balaban J connectivity index is 4.29. The molecule has 0 aliphatic rings. The number of carbonyl (C=O) groups is 1. The first-order valence-electron chi connectivity index (χ1n) is 5.99. The fourth-order valence-corrected chi connectivity index (χ4v) is 0.965. The van der Waals surface area contributed by atoms with Gasteiger partial charge < -0.3 is 5.32 Å². The van der Waals surface area contributed by atoms with Gasteiger partial charge in [-0.1, -0.05) is 33.8 Å². The van der Waals surface area contributed by atoms with E-state index < -0.39 is 0 Å². The van der Waals surface area contributed by atoms with Gasteiger partial charge in [-0.25, -0.2) is 0 Å². The van der Waals surface area contributed by atoms with E-state index in [9.17, 15) is 4.79 Å². The minimum Gasteiger partial charge on any atom is -0.350 e. The van der Waals surface area contributed by atoms with Gasteiger partial charge >= 0.3 is 0 Å². The summed E-state index contributed by atoms with van der Waals surface area (Å²) in [5, 5.41) is 2.85. The van der Waals surface area contributed by atoms with Gasteiger partial charge in [0.1, 0.15) is 5.70 Å². The Morgan fingerprint density at radius 2 is 2.00 bits per heavy atom. The zero-order valence-corrected chi connectivity index (χ0v) is 11.1. The van der Waals surface area contributed by atoms with E-state index in [0.29, 0.717) is 24.1 Å². The predicted octanol–water partition coefficient (Wildman–Crippen LogP) is 2.78. The second-order valence-corrected chi connectivity index (χ2v) is 4.44. The van der Waals surface area contributed by atoms with Crippen LogP contribution in [0, 0.1) is 11.8 Å². The van der Waals surface area contributed by atoms with Crippen LogP contribution in [0.5, 0.6) is 0 Å². The summed E-state index contributed by atoms with van der Waals surface area (Å²) in [5.41, 5.74) is 0.501. The van der Waals surface area contributed by atoms with Gasteiger partial charge in [-0.3, -0.25) is 9.79 Å². The van der Waals surface area contributed by atoms with Crippen molar-refractivity contribution in [2.45, 2.75) is 41.0 Å². The maximum atomic E-state index is 11.7. The number of allylic oxidation sites excluding steroid dienone is 1. The largest absolute Gasteiger partial charge is 0.350 e. The molecule has 1 N–H and O–H groups in total. The van der Waals surface area contributed by atoms with E-state index in [1.807, 2.05) is 13.1 Å². The van der Waals surface area contributed by atoms with E-state index >= 15 is 0 Å². The molecule has 0 aliphatic carbocycles. The number of hydrogen-bond donors (Lipinski definition) is 1. The number of hydrogen-bond acceptors (Lipinski definition) is 2. The van der Waals surface area contributed by atoms with Crippen molar-refractivity contribution < 1.29 is 4.79 Å². The average Bonchev–Trinajstić information content (AvgIpc) is 2.26. The molecule has 1 atom stereocenters. The van der Waals surface area contributed by atoms with Gasteiger partial charge in [-0.15, -0.1) is 0 Å². The Bertz CT molecular complexity index is 267. The summed E-state index contributed by atoms with van der Waals surface area (Å²) in [4.78, 5) is 15.9. The smallest absolute Gasteiger partial charge is 0.269 e. The lowest BCUT2D eigenvalue weighted by molar-refractivity contribution is -0.117. The molecule has 1 amide bonds. The van der Waals surface area contributed by atoms with E-state index in [1.165, 1.54) is 0 Å². The molecule has 1 unspecified atom stereocenters. The summed E-state index contributed by atoms with van der Waals surface area (Å²) < 4.78 is 0. The number of nitrogens with one attached hydrogen (secondary N) is 1. The third-order valence-corrected chi connectivity index (χ3v) is 2.29. The highest BCUT2D eigenvalue weighted by atomic mass is 16.2. The minimum atomic E-state index is -0.0873. The van der Waals surface area contributed by atoms with Crippen molar-refractivity contribution in [3.63, 3.8) is 0 Å². The molecule has 0 rings (SSSR count). The molecule has 0 spiro atoms. The second kappa shape index (κ2) is 8.08. The summed E-state index contributed by atoms with van der Waals surface area (Å²) >= 11 is 0. The summed E-state index contributed by atoms with van der Waals surface area (Å²) in [6, 6.07) is 0. The zero-order valence-electron chi connectivity index (χ0n) is 11.1. The molecular formula is C13H24N2O. The van der Waals surface area contributed by atoms with Gasteiger partial charge in [0.05, 0.1) is 0 Å². The molecule has 3 nitrogen and oxygen atoms in total. The molecule has 0 radical (unpaired) electrons. The number of nitrogens with zero attached hydrogens (tertiary/aromatic N) is 1. The van der Waals surface area contributed by atoms with E-state index in [2.05, 4.69) is 38.0 Å². The van der Waals surface area contributed by atoms with Crippen LogP contribution in [0.4, 0.5) is 0 Å².